The maximum Gasteiger partial charge on any atom is 0.308 e. The first kappa shape index (κ1) is 16.5. The van der Waals surface area contributed by atoms with Crippen LogP contribution < -0.4 is 5.32 Å². The largest absolute Gasteiger partial charge is 0.481 e. The van der Waals surface area contributed by atoms with Crippen LogP contribution in [0.3, 0.4) is 0 Å². The average Bonchev–Trinajstić information content (AvgIpc) is 2.89. The molecule has 6 nitrogen and oxygen atoms in total. The van der Waals surface area contributed by atoms with Gasteiger partial charge in [-0.1, -0.05) is 6.92 Å². The molecule has 1 saturated heterocycles. The Morgan fingerprint density at radius 3 is 2.64 bits per heavy atom. The van der Waals surface area contributed by atoms with Crippen LogP contribution in [0.25, 0.3) is 0 Å². The molecule has 0 spiro atoms. The number of carboxylic acid groups (broad SMARTS) is 1. The first-order chi connectivity index (χ1) is 10.5. The highest BCUT2D eigenvalue weighted by molar-refractivity contribution is 5.93. The second-order valence-electron chi connectivity index (χ2n) is 5.68. The molecule has 22 heavy (non-hydrogen) atoms. The number of rotatable bonds is 6. The van der Waals surface area contributed by atoms with Crippen molar-refractivity contribution >= 4 is 11.9 Å². The fourth-order valence-corrected chi connectivity index (χ4v) is 2.80. The van der Waals surface area contributed by atoms with Gasteiger partial charge in [0.25, 0.3) is 5.91 Å². The fraction of sp³-hybridized carbons (Fsp3) is 0.625. The number of furan rings is 1. The molecule has 0 aliphatic carbocycles. The van der Waals surface area contributed by atoms with E-state index in [-0.39, 0.29) is 24.1 Å². The van der Waals surface area contributed by atoms with E-state index in [1.165, 1.54) is 0 Å². The highest BCUT2D eigenvalue weighted by Gasteiger charge is 2.30. The van der Waals surface area contributed by atoms with Gasteiger partial charge in [0.1, 0.15) is 5.76 Å². The van der Waals surface area contributed by atoms with Crippen molar-refractivity contribution in [2.24, 2.45) is 11.8 Å². The molecule has 1 aromatic heterocycles. The summed E-state index contributed by atoms with van der Waals surface area (Å²) in [7, 11) is 0. The number of aryl methyl sites for hydroxylation is 2. The lowest BCUT2D eigenvalue weighted by Crippen LogP contribution is -2.39. The molecule has 0 saturated carbocycles. The zero-order valence-corrected chi connectivity index (χ0v) is 13.1. The normalized spacial score (nSPS) is 17.2. The number of hydrogen-bond donors (Lipinski definition) is 2. The highest BCUT2D eigenvalue weighted by Crippen LogP contribution is 2.24. The van der Waals surface area contributed by atoms with Gasteiger partial charge in [-0.25, -0.2) is 0 Å². The molecule has 0 radical (unpaired) electrons. The highest BCUT2D eigenvalue weighted by atomic mass is 16.5. The van der Waals surface area contributed by atoms with Crippen molar-refractivity contribution in [2.75, 3.05) is 19.8 Å². The van der Waals surface area contributed by atoms with E-state index in [1.807, 2.05) is 19.9 Å². The van der Waals surface area contributed by atoms with Crippen molar-refractivity contribution in [3.63, 3.8) is 0 Å². The predicted molar refractivity (Wildman–Crippen MR) is 79.8 cm³/mol. The summed E-state index contributed by atoms with van der Waals surface area (Å²) in [5, 5.41) is 12.1. The number of nitrogens with one attached hydrogen (secondary N) is 1. The molecular formula is C16H23NO5. The number of carbonyl (C=O) groups is 2. The van der Waals surface area contributed by atoms with Crippen LogP contribution in [0.5, 0.6) is 0 Å². The van der Waals surface area contributed by atoms with Gasteiger partial charge in [-0.15, -0.1) is 0 Å². The summed E-state index contributed by atoms with van der Waals surface area (Å²) >= 11 is 0. The van der Waals surface area contributed by atoms with Gasteiger partial charge >= 0.3 is 5.97 Å². The molecule has 1 aromatic rings. The minimum Gasteiger partial charge on any atom is -0.481 e. The fourth-order valence-electron chi connectivity index (χ4n) is 2.80. The van der Waals surface area contributed by atoms with Gasteiger partial charge in [-0.3, -0.25) is 9.59 Å². The standard InChI is InChI=1S/C16H23NO5/c1-3-12-8-10(2)14(22-12)15(18)17-9-13(16(19)20)11-4-6-21-7-5-11/h8,11,13H,3-7,9H2,1-2H3,(H,17,18)(H,19,20). The third kappa shape index (κ3) is 3.88. The summed E-state index contributed by atoms with van der Waals surface area (Å²) in [5.41, 5.74) is 0.771. The molecule has 2 rings (SSSR count). The topological polar surface area (TPSA) is 88.8 Å². The summed E-state index contributed by atoms with van der Waals surface area (Å²) in [5.74, 6) is -0.757. The quantitative estimate of drug-likeness (QED) is 0.839. The van der Waals surface area contributed by atoms with Gasteiger partial charge in [0.15, 0.2) is 5.76 Å². The van der Waals surface area contributed by atoms with Gasteiger partial charge in [0, 0.05) is 31.7 Å². The lowest BCUT2D eigenvalue weighted by Gasteiger charge is -2.27. The third-order valence-corrected chi connectivity index (χ3v) is 4.16. The maximum atomic E-state index is 12.2. The van der Waals surface area contributed by atoms with Crippen LogP contribution in [0.4, 0.5) is 0 Å². The van der Waals surface area contributed by atoms with E-state index in [2.05, 4.69) is 5.32 Å². The third-order valence-electron chi connectivity index (χ3n) is 4.16. The Morgan fingerprint density at radius 1 is 1.41 bits per heavy atom. The van der Waals surface area contributed by atoms with E-state index in [0.717, 1.165) is 11.3 Å². The molecular weight excluding hydrogens is 286 g/mol. The van der Waals surface area contributed by atoms with Gasteiger partial charge in [-0.2, -0.15) is 0 Å². The predicted octanol–water partition coefficient (Wildman–Crippen LogP) is 2.01. The summed E-state index contributed by atoms with van der Waals surface area (Å²) in [4.78, 5) is 23.6. The Hall–Kier alpha value is -1.82. The van der Waals surface area contributed by atoms with Gasteiger partial charge in [0.2, 0.25) is 0 Å². The van der Waals surface area contributed by atoms with Crippen LogP contribution in [-0.2, 0) is 16.0 Å². The van der Waals surface area contributed by atoms with Gasteiger partial charge in [-0.05, 0) is 31.7 Å². The molecule has 2 heterocycles. The minimum atomic E-state index is -0.877. The molecule has 0 bridgehead atoms. The monoisotopic (exact) mass is 309 g/mol. The molecule has 1 fully saturated rings. The molecule has 1 unspecified atom stereocenters. The molecule has 1 atom stereocenters. The van der Waals surface area contributed by atoms with Crippen LogP contribution in [0.1, 0.15) is 41.6 Å². The number of ether oxygens (including phenoxy) is 1. The van der Waals surface area contributed by atoms with Crippen LogP contribution >= 0.6 is 0 Å². The first-order valence-corrected chi connectivity index (χ1v) is 7.71. The molecule has 2 N–H and O–H groups in total. The zero-order chi connectivity index (χ0) is 16.1. The van der Waals surface area contributed by atoms with Crippen LogP contribution in [0.15, 0.2) is 10.5 Å². The van der Waals surface area contributed by atoms with Crippen molar-refractivity contribution in [3.05, 3.63) is 23.2 Å². The van der Waals surface area contributed by atoms with E-state index in [4.69, 9.17) is 9.15 Å². The van der Waals surface area contributed by atoms with Gasteiger partial charge < -0.3 is 19.6 Å². The molecule has 1 aliphatic heterocycles. The number of carbonyl (C=O) groups excluding carboxylic acids is 1. The second kappa shape index (κ2) is 7.45. The Bertz CT molecular complexity index is 531. The van der Waals surface area contributed by atoms with Crippen LogP contribution in [-0.4, -0.2) is 36.7 Å². The Balaban J connectivity index is 1.97. The SMILES string of the molecule is CCc1cc(C)c(C(=O)NCC(C(=O)O)C2CCOCC2)o1. The summed E-state index contributed by atoms with van der Waals surface area (Å²) in [6.07, 6.45) is 2.15. The number of amides is 1. The van der Waals surface area contributed by atoms with E-state index < -0.39 is 11.9 Å². The summed E-state index contributed by atoms with van der Waals surface area (Å²) < 4.78 is 10.7. The number of hydrogen-bond acceptors (Lipinski definition) is 4. The average molecular weight is 309 g/mol. The summed E-state index contributed by atoms with van der Waals surface area (Å²) in [6, 6.07) is 1.84. The molecule has 1 aliphatic rings. The smallest absolute Gasteiger partial charge is 0.308 e. The second-order valence-corrected chi connectivity index (χ2v) is 5.68. The first-order valence-electron chi connectivity index (χ1n) is 7.71. The number of aliphatic carboxylic acids is 1. The Morgan fingerprint density at radius 2 is 2.09 bits per heavy atom. The molecule has 122 valence electrons. The molecule has 6 heteroatoms. The Kier molecular flexibility index (Phi) is 5.60. The van der Waals surface area contributed by atoms with E-state index in [1.54, 1.807) is 0 Å². The van der Waals surface area contributed by atoms with E-state index >= 15 is 0 Å². The Labute approximate surface area is 129 Å². The lowest BCUT2D eigenvalue weighted by molar-refractivity contribution is -0.144. The number of carboxylic acids is 1. The van der Waals surface area contributed by atoms with Gasteiger partial charge in [0.05, 0.1) is 5.92 Å². The van der Waals surface area contributed by atoms with Crippen molar-refractivity contribution in [1.29, 1.82) is 0 Å². The lowest BCUT2D eigenvalue weighted by atomic mass is 9.86. The molecule has 1 amide bonds. The summed E-state index contributed by atoms with van der Waals surface area (Å²) in [6.45, 7) is 5.04. The van der Waals surface area contributed by atoms with Crippen molar-refractivity contribution in [3.8, 4) is 0 Å². The van der Waals surface area contributed by atoms with Crippen molar-refractivity contribution < 1.29 is 23.8 Å². The van der Waals surface area contributed by atoms with Crippen molar-refractivity contribution in [1.82, 2.24) is 5.32 Å². The van der Waals surface area contributed by atoms with Crippen LogP contribution in [0.2, 0.25) is 0 Å². The van der Waals surface area contributed by atoms with E-state index in [9.17, 15) is 14.7 Å². The van der Waals surface area contributed by atoms with Crippen LogP contribution in [0, 0.1) is 18.8 Å². The zero-order valence-electron chi connectivity index (χ0n) is 13.1. The maximum absolute atomic E-state index is 12.2. The molecule has 0 aromatic carbocycles. The van der Waals surface area contributed by atoms with E-state index in [0.29, 0.717) is 32.5 Å². The van der Waals surface area contributed by atoms with Crippen molar-refractivity contribution in [2.45, 2.75) is 33.1 Å². The minimum absolute atomic E-state index is 0.0375.